The first-order chi connectivity index (χ1) is 14.3. The van der Waals surface area contributed by atoms with E-state index in [9.17, 15) is 22.8 Å². The molecule has 0 radical (unpaired) electrons. The van der Waals surface area contributed by atoms with Crippen LogP contribution < -0.4 is 10.6 Å². The first-order valence-electron chi connectivity index (χ1n) is 9.77. The molecule has 2 N–H and O–H groups in total. The number of piperidine rings is 1. The van der Waals surface area contributed by atoms with Gasteiger partial charge < -0.3 is 10.6 Å². The summed E-state index contributed by atoms with van der Waals surface area (Å²) in [6.07, 6.45) is -2.67. The van der Waals surface area contributed by atoms with E-state index in [0.717, 1.165) is 37.1 Å². The van der Waals surface area contributed by atoms with Gasteiger partial charge in [-0.15, -0.1) is 0 Å². The number of hydrogen-bond acceptors (Lipinski definition) is 3. The van der Waals surface area contributed by atoms with Crippen molar-refractivity contribution < 1.29 is 22.8 Å². The van der Waals surface area contributed by atoms with Crippen LogP contribution in [0.15, 0.2) is 54.6 Å². The third-order valence-electron chi connectivity index (χ3n) is 5.35. The van der Waals surface area contributed by atoms with E-state index < -0.39 is 23.6 Å². The highest BCUT2D eigenvalue weighted by molar-refractivity contribution is 6.39. The lowest BCUT2D eigenvalue weighted by atomic mass is 9.84. The highest BCUT2D eigenvalue weighted by Gasteiger charge is 2.33. The van der Waals surface area contributed by atoms with E-state index in [1.54, 1.807) is 30.3 Å². The monoisotopic (exact) mass is 419 g/mol. The third-order valence-corrected chi connectivity index (χ3v) is 5.35. The topological polar surface area (TPSA) is 61.4 Å². The summed E-state index contributed by atoms with van der Waals surface area (Å²) in [6, 6.07) is 13.7. The number of halogens is 3. The lowest BCUT2D eigenvalue weighted by Crippen LogP contribution is -2.44. The minimum absolute atomic E-state index is 0.0195. The van der Waals surface area contributed by atoms with Gasteiger partial charge in [-0.25, -0.2) is 0 Å². The van der Waals surface area contributed by atoms with Crippen molar-refractivity contribution in [3.63, 3.8) is 0 Å². The zero-order valence-electron chi connectivity index (χ0n) is 16.6. The SMILES string of the molecule is CN1CCCC(CNC(=O)C(=O)Nc2ccccc2)C1c1ccc(C(F)(F)F)cc1. The molecule has 0 aliphatic carbocycles. The van der Waals surface area contributed by atoms with Crippen LogP contribution in [0, 0.1) is 5.92 Å². The van der Waals surface area contributed by atoms with Crippen LogP contribution in [0.1, 0.15) is 30.0 Å². The number of rotatable bonds is 4. The van der Waals surface area contributed by atoms with Crippen molar-refractivity contribution in [1.82, 2.24) is 10.2 Å². The zero-order chi connectivity index (χ0) is 21.7. The highest BCUT2D eigenvalue weighted by atomic mass is 19.4. The minimum atomic E-state index is -4.38. The van der Waals surface area contributed by atoms with Crippen LogP contribution in [0.2, 0.25) is 0 Å². The Morgan fingerprint density at radius 2 is 1.70 bits per heavy atom. The Labute approximate surface area is 173 Å². The molecule has 2 atom stereocenters. The molecule has 0 spiro atoms. The summed E-state index contributed by atoms with van der Waals surface area (Å²) in [6.45, 7) is 1.07. The molecule has 0 aromatic heterocycles. The van der Waals surface area contributed by atoms with Crippen molar-refractivity contribution in [3.05, 3.63) is 65.7 Å². The molecule has 3 rings (SSSR count). The van der Waals surface area contributed by atoms with Crippen molar-refractivity contribution >= 4 is 17.5 Å². The summed E-state index contributed by atoms with van der Waals surface area (Å²) in [5.41, 5.74) is 0.600. The van der Waals surface area contributed by atoms with Crippen LogP contribution in [-0.4, -0.2) is 36.9 Å². The van der Waals surface area contributed by atoms with E-state index in [1.807, 2.05) is 7.05 Å². The fourth-order valence-electron chi connectivity index (χ4n) is 3.88. The fraction of sp³-hybridized carbons (Fsp3) is 0.364. The molecule has 2 aromatic rings. The largest absolute Gasteiger partial charge is 0.416 e. The lowest BCUT2D eigenvalue weighted by Gasteiger charge is -2.39. The zero-order valence-corrected chi connectivity index (χ0v) is 16.6. The van der Waals surface area contributed by atoms with Gasteiger partial charge in [0.15, 0.2) is 0 Å². The number of hydrogen-bond donors (Lipinski definition) is 2. The predicted octanol–water partition coefficient (Wildman–Crippen LogP) is 3.84. The van der Waals surface area contributed by atoms with E-state index in [1.165, 1.54) is 12.1 Å². The van der Waals surface area contributed by atoms with Crippen molar-refractivity contribution in [2.45, 2.75) is 25.1 Å². The maximum Gasteiger partial charge on any atom is 0.416 e. The number of likely N-dealkylation sites (tertiary alicyclic amines) is 1. The van der Waals surface area contributed by atoms with Gasteiger partial charge in [0.05, 0.1) is 5.56 Å². The minimum Gasteiger partial charge on any atom is -0.347 e. The summed E-state index contributed by atoms with van der Waals surface area (Å²) in [5, 5.41) is 5.20. The molecule has 30 heavy (non-hydrogen) atoms. The average molecular weight is 419 g/mol. The molecule has 1 aliphatic heterocycles. The Morgan fingerprint density at radius 3 is 2.33 bits per heavy atom. The molecule has 8 heteroatoms. The summed E-state index contributed by atoms with van der Waals surface area (Å²) in [7, 11) is 1.92. The van der Waals surface area contributed by atoms with Crippen LogP contribution in [0.5, 0.6) is 0 Å². The van der Waals surface area contributed by atoms with Gasteiger partial charge in [-0.3, -0.25) is 14.5 Å². The Kier molecular flexibility index (Phi) is 6.77. The van der Waals surface area contributed by atoms with Gasteiger partial charge in [0, 0.05) is 18.3 Å². The van der Waals surface area contributed by atoms with Crippen molar-refractivity contribution in [3.8, 4) is 0 Å². The Bertz CT molecular complexity index is 869. The number of alkyl halides is 3. The molecule has 1 saturated heterocycles. The van der Waals surface area contributed by atoms with E-state index >= 15 is 0 Å². The predicted molar refractivity (Wildman–Crippen MR) is 108 cm³/mol. The lowest BCUT2D eigenvalue weighted by molar-refractivity contribution is -0.137. The molecule has 2 amide bonds. The maximum absolute atomic E-state index is 12.9. The quantitative estimate of drug-likeness (QED) is 0.741. The number of nitrogens with zero attached hydrogens (tertiary/aromatic N) is 1. The van der Waals surface area contributed by atoms with Gasteiger partial charge >= 0.3 is 18.0 Å². The van der Waals surface area contributed by atoms with Gasteiger partial charge in [-0.1, -0.05) is 30.3 Å². The summed E-state index contributed by atoms with van der Waals surface area (Å²) in [4.78, 5) is 26.4. The number of nitrogens with one attached hydrogen (secondary N) is 2. The standard InChI is InChI=1S/C22H24F3N3O2/c1-28-13-5-6-16(19(28)15-9-11-17(12-10-15)22(23,24)25)14-26-20(29)21(30)27-18-7-3-2-4-8-18/h2-4,7-12,16,19H,5-6,13-14H2,1H3,(H,26,29)(H,27,30). The average Bonchev–Trinajstić information content (AvgIpc) is 2.72. The summed E-state index contributed by atoms with van der Waals surface area (Å²) in [5.74, 6) is -1.51. The fourth-order valence-corrected chi connectivity index (χ4v) is 3.88. The number of para-hydroxylation sites is 1. The second-order valence-electron chi connectivity index (χ2n) is 7.48. The van der Waals surface area contributed by atoms with Crippen LogP contribution in [0.4, 0.5) is 18.9 Å². The molecule has 1 aliphatic rings. The third kappa shape index (κ3) is 5.38. The van der Waals surface area contributed by atoms with Crippen LogP contribution in [-0.2, 0) is 15.8 Å². The second kappa shape index (κ2) is 9.30. The van der Waals surface area contributed by atoms with Crippen LogP contribution >= 0.6 is 0 Å². The van der Waals surface area contributed by atoms with Crippen molar-refractivity contribution in [2.75, 3.05) is 25.5 Å². The molecular formula is C22H24F3N3O2. The van der Waals surface area contributed by atoms with Gasteiger partial charge in [0.2, 0.25) is 0 Å². The molecule has 1 fully saturated rings. The van der Waals surface area contributed by atoms with Crippen molar-refractivity contribution in [2.24, 2.45) is 5.92 Å². The van der Waals surface area contributed by atoms with E-state index in [-0.39, 0.29) is 18.5 Å². The molecule has 1 heterocycles. The van der Waals surface area contributed by atoms with Crippen LogP contribution in [0.3, 0.4) is 0 Å². The van der Waals surface area contributed by atoms with Crippen LogP contribution in [0.25, 0.3) is 0 Å². The molecule has 0 saturated carbocycles. The van der Waals surface area contributed by atoms with E-state index in [4.69, 9.17) is 0 Å². The Morgan fingerprint density at radius 1 is 1.03 bits per heavy atom. The molecular weight excluding hydrogens is 395 g/mol. The summed E-state index contributed by atoms with van der Waals surface area (Å²) < 4.78 is 38.6. The number of anilines is 1. The van der Waals surface area contributed by atoms with Gasteiger partial charge in [-0.2, -0.15) is 13.2 Å². The molecule has 2 aromatic carbocycles. The normalized spacial score (nSPS) is 19.9. The number of amides is 2. The molecule has 160 valence electrons. The summed E-state index contributed by atoms with van der Waals surface area (Å²) >= 11 is 0. The molecule has 5 nitrogen and oxygen atoms in total. The van der Waals surface area contributed by atoms with Gasteiger partial charge in [-0.05, 0) is 62.2 Å². The smallest absolute Gasteiger partial charge is 0.347 e. The molecule has 2 unspecified atom stereocenters. The van der Waals surface area contributed by atoms with Gasteiger partial charge in [0.1, 0.15) is 0 Å². The Hall–Kier alpha value is -2.87. The molecule has 0 bridgehead atoms. The first-order valence-corrected chi connectivity index (χ1v) is 9.77. The van der Waals surface area contributed by atoms with Gasteiger partial charge in [0.25, 0.3) is 0 Å². The number of benzene rings is 2. The van der Waals surface area contributed by atoms with Crippen molar-refractivity contribution in [1.29, 1.82) is 0 Å². The highest BCUT2D eigenvalue weighted by Crippen LogP contribution is 2.36. The first kappa shape index (κ1) is 21.8. The number of carbonyl (C=O) groups is 2. The second-order valence-corrected chi connectivity index (χ2v) is 7.48. The van der Waals surface area contributed by atoms with E-state index in [0.29, 0.717) is 5.69 Å². The maximum atomic E-state index is 12.9. The number of carbonyl (C=O) groups excluding carboxylic acids is 2. The van der Waals surface area contributed by atoms with E-state index in [2.05, 4.69) is 15.5 Å². The Balaban J connectivity index is 1.64.